The number of carbonyl (C=O) groups is 1. The molecule has 0 bridgehead atoms. The van der Waals surface area contributed by atoms with E-state index < -0.39 is 6.10 Å². The highest BCUT2D eigenvalue weighted by Crippen LogP contribution is 2.17. The Morgan fingerprint density at radius 2 is 0.660 bits per heavy atom. The van der Waals surface area contributed by atoms with Crippen LogP contribution in [0, 0.1) is 0 Å². The molecule has 1 atom stereocenters. The van der Waals surface area contributed by atoms with Crippen LogP contribution < -0.4 is 0 Å². The molecule has 0 aliphatic rings. The van der Waals surface area contributed by atoms with Crippen LogP contribution in [0.4, 0.5) is 0 Å². The van der Waals surface area contributed by atoms with E-state index >= 15 is 0 Å². The number of ether oxygens (including phenoxy) is 2. The molecule has 4 heteroatoms. The van der Waals surface area contributed by atoms with Crippen LogP contribution in [0.3, 0.4) is 0 Å². The second-order valence-corrected chi connectivity index (χ2v) is 15.8. The molecule has 0 aliphatic carbocycles. The molecule has 4 nitrogen and oxygen atoms in total. The van der Waals surface area contributed by atoms with E-state index in [0.717, 1.165) is 19.3 Å². The maximum atomic E-state index is 12.2. The standard InChI is InChI=1S/C46H92O4/c1-3-5-7-9-11-13-15-17-19-21-23-24-25-27-29-31-33-35-37-39-41-46(48)50-45(43-47)44-49-42-40-38-36-34-32-30-28-26-22-20-18-16-14-12-10-8-6-4-2/h45,47H,3-44H2,1-2H3. The Morgan fingerprint density at radius 1 is 0.400 bits per heavy atom. The van der Waals surface area contributed by atoms with Crippen LogP contribution in [0.15, 0.2) is 0 Å². The van der Waals surface area contributed by atoms with Crippen molar-refractivity contribution in [2.24, 2.45) is 0 Å². The number of aliphatic hydroxyl groups is 1. The Bertz CT molecular complexity index is 623. The molecule has 0 aromatic carbocycles. The Hall–Kier alpha value is -0.610. The van der Waals surface area contributed by atoms with Crippen LogP contribution in [-0.4, -0.2) is 37.0 Å². The lowest BCUT2D eigenvalue weighted by molar-refractivity contribution is -0.154. The highest BCUT2D eigenvalue weighted by atomic mass is 16.6. The van der Waals surface area contributed by atoms with Crippen molar-refractivity contribution < 1.29 is 19.4 Å². The van der Waals surface area contributed by atoms with Crippen LogP contribution in [-0.2, 0) is 14.3 Å². The van der Waals surface area contributed by atoms with Gasteiger partial charge in [-0.1, -0.05) is 245 Å². The molecule has 1 N–H and O–H groups in total. The zero-order chi connectivity index (χ0) is 36.3. The largest absolute Gasteiger partial charge is 0.457 e. The zero-order valence-electron chi connectivity index (χ0n) is 34.4. The summed E-state index contributed by atoms with van der Waals surface area (Å²) in [5.41, 5.74) is 0. The minimum atomic E-state index is -0.525. The average Bonchev–Trinajstić information content (AvgIpc) is 3.12. The van der Waals surface area contributed by atoms with Crippen molar-refractivity contribution >= 4 is 5.97 Å². The van der Waals surface area contributed by atoms with Crippen molar-refractivity contribution in [1.29, 1.82) is 0 Å². The molecule has 0 saturated heterocycles. The number of esters is 1. The van der Waals surface area contributed by atoms with Gasteiger partial charge in [0.2, 0.25) is 0 Å². The smallest absolute Gasteiger partial charge is 0.306 e. The summed E-state index contributed by atoms with van der Waals surface area (Å²) in [7, 11) is 0. The fraction of sp³-hybridized carbons (Fsp3) is 0.978. The molecule has 0 spiro atoms. The van der Waals surface area contributed by atoms with Crippen molar-refractivity contribution in [3.05, 3.63) is 0 Å². The average molecular weight is 709 g/mol. The van der Waals surface area contributed by atoms with Crippen molar-refractivity contribution in [2.75, 3.05) is 19.8 Å². The van der Waals surface area contributed by atoms with E-state index in [1.807, 2.05) is 0 Å². The Labute approximate surface area is 314 Å². The lowest BCUT2D eigenvalue weighted by Crippen LogP contribution is -2.27. The van der Waals surface area contributed by atoms with Gasteiger partial charge in [0.25, 0.3) is 0 Å². The van der Waals surface area contributed by atoms with Crippen LogP contribution in [0.1, 0.15) is 264 Å². The maximum absolute atomic E-state index is 12.2. The van der Waals surface area contributed by atoms with Gasteiger partial charge in [0.15, 0.2) is 0 Å². The summed E-state index contributed by atoms with van der Waals surface area (Å²) in [4.78, 5) is 12.2. The van der Waals surface area contributed by atoms with Gasteiger partial charge in [-0.25, -0.2) is 0 Å². The summed E-state index contributed by atoms with van der Waals surface area (Å²) >= 11 is 0. The summed E-state index contributed by atoms with van der Waals surface area (Å²) in [6, 6.07) is 0. The first-order valence-corrected chi connectivity index (χ1v) is 23.1. The van der Waals surface area contributed by atoms with Gasteiger partial charge in [-0.05, 0) is 12.8 Å². The fourth-order valence-electron chi connectivity index (χ4n) is 7.21. The molecular formula is C46H92O4. The number of rotatable bonds is 44. The van der Waals surface area contributed by atoms with Gasteiger partial charge in [0.05, 0.1) is 13.2 Å². The minimum Gasteiger partial charge on any atom is -0.457 e. The molecule has 0 aromatic rings. The zero-order valence-corrected chi connectivity index (χ0v) is 34.4. The van der Waals surface area contributed by atoms with E-state index in [0.29, 0.717) is 19.6 Å². The lowest BCUT2D eigenvalue weighted by Gasteiger charge is -2.16. The highest BCUT2D eigenvalue weighted by molar-refractivity contribution is 5.69. The summed E-state index contributed by atoms with van der Waals surface area (Å²) < 4.78 is 11.2. The molecule has 0 amide bonds. The number of hydrogen-bond acceptors (Lipinski definition) is 4. The summed E-state index contributed by atoms with van der Waals surface area (Å²) in [5, 5.41) is 9.62. The van der Waals surface area contributed by atoms with Crippen LogP contribution in [0.25, 0.3) is 0 Å². The third-order valence-electron chi connectivity index (χ3n) is 10.7. The normalized spacial score (nSPS) is 12.1. The topological polar surface area (TPSA) is 55.8 Å². The molecule has 0 saturated carbocycles. The van der Waals surface area contributed by atoms with Gasteiger partial charge in [-0.2, -0.15) is 0 Å². The first-order valence-electron chi connectivity index (χ1n) is 23.1. The van der Waals surface area contributed by atoms with Crippen molar-refractivity contribution in [3.63, 3.8) is 0 Å². The molecule has 300 valence electrons. The molecule has 1 unspecified atom stereocenters. The Morgan fingerprint density at radius 3 is 0.940 bits per heavy atom. The fourth-order valence-corrected chi connectivity index (χ4v) is 7.21. The van der Waals surface area contributed by atoms with Gasteiger partial charge >= 0.3 is 5.97 Å². The van der Waals surface area contributed by atoms with Crippen molar-refractivity contribution in [1.82, 2.24) is 0 Å². The van der Waals surface area contributed by atoms with Gasteiger partial charge in [-0.3, -0.25) is 4.79 Å². The summed E-state index contributed by atoms with van der Waals surface area (Å²) in [6.45, 7) is 5.41. The van der Waals surface area contributed by atoms with E-state index in [-0.39, 0.29) is 12.6 Å². The predicted molar refractivity (Wildman–Crippen MR) is 219 cm³/mol. The molecule has 0 radical (unpaired) electrons. The second-order valence-electron chi connectivity index (χ2n) is 15.8. The third-order valence-corrected chi connectivity index (χ3v) is 10.7. The van der Waals surface area contributed by atoms with Gasteiger partial charge in [-0.15, -0.1) is 0 Å². The van der Waals surface area contributed by atoms with Gasteiger partial charge in [0, 0.05) is 13.0 Å². The monoisotopic (exact) mass is 709 g/mol. The Kier molecular flexibility index (Phi) is 44.0. The van der Waals surface area contributed by atoms with Crippen LogP contribution in [0.5, 0.6) is 0 Å². The van der Waals surface area contributed by atoms with Crippen LogP contribution in [0.2, 0.25) is 0 Å². The predicted octanol–water partition coefficient (Wildman–Crippen LogP) is 15.2. The molecule has 50 heavy (non-hydrogen) atoms. The van der Waals surface area contributed by atoms with E-state index in [1.54, 1.807) is 0 Å². The highest BCUT2D eigenvalue weighted by Gasteiger charge is 2.13. The van der Waals surface area contributed by atoms with E-state index in [4.69, 9.17) is 9.47 Å². The molecule has 0 heterocycles. The molecule has 0 aliphatic heterocycles. The second kappa shape index (κ2) is 44.6. The summed E-state index contributed by atoms with van der Waals surface area (Å²) in [6.07, 6.45) is 51.7. The maximum Gasteiger partial charge on any atom is 0.306 e. The molecular weight excluding hydrogens is 617 g/mol. The van der Waals surface area contributed by atoms with Gasteiger partial charge in [0.1, 0.15) is 6.10 Å². The van der Waals surface area contributed by atoms with Gasteiger partial charge < -0.3 is 14.6 Å². The molecule has 0 fully saturated rings. The first kappa shape index (κ1) is 49.4. The summed E-state index contributed by atoms with van der Waals surface area (Å²) in [5.74, 6) is -0.191. The lowest BCUT2D eigenvalue weighted by atomic mass is 10.0. The molecule has 0 aromatic heterocycles. The van der Waals surface area contributed by atoms with Crippen molar-refractivity contribution in [3.8, 4) is 0 Å². The molecule has 0 rings (SSSR count). The first-order chi connectivity index (χ1) is 24.7. The minimum absolute atomic E-state index is 0.163. The third kappa shape index (κ3) is 41.8. The van der Waals surface area contributed by atoms with E-state index in [1.165, 1.54) is 225 Å². The quantitative estimate of drug-likeness (QED) is 0.0506. The number of aliphatic hydroxyl groups excluding tert-OH is 1. The van der Waals surface area contributed by atoms with E-state index in [2.05, 4.69) is 13.8 Å². The van der Waals surface area contributed by atoms with Crippen molar-refractivity contribution in [2.45, 2.75) is 270 Å². The Balaban J connectivity index is 3.34. The number of carbonyl (C=O) groups excluding carboxylic acids is 1. The number of hydrogen-bond donors (Lipinski definition) is 1. The van der Waals surface area contributed by atoms with Crippen LogP contribution >= 0.6 is 0 Å². The number of unbranched alkanes of at least 4 members (excludes halogenated alkanes) is 36. The van der Waals surface area contributed by atoms with E-state index in [9.17, 15) is 9.90 Å². The SMILES string of the molecule is CCCCCCCCCCCCCCCCCCCCCCC(=O)OC(CO)COCCCCCCCCCCCCCCCCCCCC.